The van der Waals surface area contributed by atoms with E-state index in [1.807, 2.05) is 54.6 Å². The lowest BCUT2D eigenvalue weighted by Gasteiger charge is -2.04. The van der Waals surface area contributed by atoms with Gasteiger partial charge in [-0.3, -0.25) is 0 Å². The molecule has 0 aromatic heterocycles. The molecule has 0 saturated carbocycles. The van der Waals surface area contributed by atoms with Gasteiger partial charge in [0.2, 0.25) is 0 Å². The molecule has 1 atom stereocenters. The fourth-order valence-electron chi connectivity index (χ4n) is 2.00. The third-order valence-electron chi connectivity index (χ3n) is 2.78. The molecule has 0 radical (unpaired) electrons. The summed E-state index contributed by atoms with van der Waals surface area (Å²) in [6, 6.07) is 17.5. The second-order valence-corrected chi connectivity index (χ2v) is 5.77. The summed E-state index contributed by atoms with van der Waals surface area (Å²) in [6.45, 7) is 0. The van der Waals surface area contributed by atoms with Crippen molar-refractivity contribution in [1.82, 2.24) is 0 Å². The van der Waals surface area contributed by atoms with Crippen LogP contribution >= 0.6 is 11.6 Å². The van der Waals surface area contributed by atoms with Gasteiger partial charge < -0.3 is 0 Å². The van der Waals surface area contributed by atoms with Crippen molar-refractivity contribution in [1.29, 1.82) is 0 Å². The molecule has 0 fully saturated rings. The first-order valence-corrected chi connectivity index (χ1v) is 6.78. The van der Waals surface area contributed by atoms with Crippen molar-refractivity contribution in [2.75, 3.05) is 0 Å². The lowest BCUT2D eigenvalue weighted by Crippen LogP contribution is -1.85. The van der Waals surface area contributed by atoms with Gasteiger partial charge in [0, 0.05) is 11.1 Å². The van der Waals surface area contributed by atoms with E-state index in [-0.39, 0.29) is 0 Å². The maximum atomic E-state index is 12.1. The van der Waals surface area contributed by atoms with Gasteiger partial charge in [0.1, 0.15) is 4.36 Å². The third kappa shape index (κ3) is 1.65. The van der Waals surface area contributed by atoms with Crippen molar-refractivity contribution in [3.8, 4) is 0 Å². The van der Waals surface area contributed by atoms with E-state index in [2.05, 4.69) is 0 Å². The summed E-state index contributed by atoms with van der Waals surface area (Å²) in [5.74, 6) is 0. The molecule has 3 heteroatoms. The van der Waals surface area contributed by atoms with Crippen molar-refractivity contribution >= 4 is 28.0 Å². The quantitative estimate of drug-likeness (QED) is 0.763. The highest BCUT2D eigenvalue weighted by Crippen LogP contribution is 2.41. The predicted octanol–water partition coefficient (Wildman–Crippen LogP) is 3.76. The summed E-state index contributed by atoms with van der Waals surface area (Å²) in [7, 11) is -1.23. The van der Waals surface area contributed by atoms with Gasteiger partial charge in [0.15, 0.2) is 0 Å². The highest BCUT2D eigenvalue weighted by molar-refractivity contribution is 7.91. The third-order valence-corrected chi connectivity index (χ3v) is 4.67. The van der Waals surface area contributed by atoms with E-state index >= 15 is 0 Å². The van der Waals surface area contributed by atoms with Crippen LogP contribution in [0, 0.1) is 0 Å². The second kappa shape index (κ2) is 4.13. The van der Waals surface area contributed by atoms with Crippen LogP contribution in [0.15, 0.2) is 63.9 Å². The lowest BCUT2D eigenvalue weighted by molar-refractivity contribution is 0.688. The van der Waals surface area contributed by atoms with Gasteiger partial charge in [-0.25, -0.2) is 4.21 Å². The second-order valence-electron chi connectivity index (χ2n) is 3.78. The summed E-state index contributed by atoms with van der Waals surface area (Å²) < 4.78 is 12.5. The molecule has 2 aromatic rings. The van der Waals surface area contributed by atoms with Crippen molar-refractivity contribution < 1.29 is 4.21 Å². The summed E-state index contributed by atoms with van der Waals surface area (Å²) >= 11 is 6.21. The first-order chi connectivity index (χ1) is 8.29. The Morgan fingerprint density at radius 1 is 0.882 bits per heavy atom. The Kier molecular flexibility index (Phi) is 2.61. The molecule has 1 aliphatic heterocycles. The van der Waals surface area contributed by atoms with Crippen LogP contribution in [0.4, 0.5) is 0 Å². The van der Waals surface area contributed by atoms with Gasteiger partial charge in [-0.1, -0.05) is 60.1 Å². The number of benzene rings is 2. The van der Waals surface area contributed by atoms with Gasteiger partial charge in [-0.2, -0.15) is 0 Å². The van der Waals surface area contributed by atoms with Crippen molar-refractivity contribution in [3.63, 3.8) is 0 Å². The van der Waals surface area contributed by atoms with E-state index in [0.717, 1.165) is 21.6 Å². The maximum absolute atomic E-state index is 12.1. The Hall–Kier alpha value is -1.38. The predicted molar refractivity (Wildman–Crippen MR) is 71.2 cm³/mol. The fourth-order valence-corrected chi connectivity index (χ4v) is 3.64. The average molecular weight is 261 g/mol. The number of rotatable bonds is 1. The normalized spacial score (nSPS) is 18.3. The van der Waals surface area contributed by atoms with Crippen molar-refractivity contribution in [3.05, 3.63) is 70.1 Å². The minimum Gasteiger partial charge on any atom is -0.248 e. The molecule has 0 amide bonds. The molecule has 2 aromatic carbocycles. The highest BCUT2D eigenvalue weighted by Gasteiger charge is 2.27. The van der Waals surface area contributed by atoms with Crippen LogP contribution < -0.4 is 0 Å². The van der Waals surface area contributed by atoms with Crippen LogP contribution in [0.3, 0.4) is 0 Å². The molecule has 17 heavy (non-hydrogen) atoms. The summed E-state index contributed by atoms with van der Waals surface area (Å²) in [4.78, 5) is 0.802. The Balaban J connectivity index is 2.27. The van der Waals surface area contributed by atoms with Crippen LogP contribution in [0.25, 0.3) is 5.57 Å². The molecule has 0 bridgehead atoms. The van der Waals surface area contributed by atoms with E-state index in [1.54, 1.807) is 0 Å². The molecule has 0 aliphatic carbocycles. The number of fused-ring (bicyclic) bond motifs is 1. The highest BCUT2D eigenvalue weighted by atomic mass is 35.5. The summed E-state index contributed by atoms with van der Waals surface area (Å²) in [5, 5.41) is 0. The molecule has 3 rings (SSSR count). The van der Waals surface area contributed by atoms with E-state index in [0.29, 0.717) is 4.36 Å². The largest absolute Gasteiger partial charge is 0.248 e. The molecule has 0 spiro atoms. The molecular formula is C14H9ClOS. The van der Waals surface area contributed by atoms with E-state index in [4.69, 9.17) is 11.6 Å². The monoisotopic (exact) mass is 260 g/mol. The average Bonchev–Trinajstić information content (AvgIpc) is 2.64. The Bertz CT molecular complexity index is 632. The van der Waals surface area contributed by atoms with Gasteiger partial charge in [0.25, 0.3) is 0 Å². The van der Waals surface area contributed by atoms with Crippen LogP contribution in [-0.4, -0.2) is 4.21 Å². The van der Waals surface area contributed by atoms with Gasteiger partial charge >= 0.3 is 0 Å². The fraction of sp³-hybridized carbons (Fsp3) is 0. The maximum Gasteiger partial charge on any atom is 0.118 e. The topological polar surface area (TPSA) is 17.1 Å². The number of hydrogen-bond donors (Lipinski definition) is 0. The number of halogens is 1. The van der Waals surface area contributed by atoms with E-state index < -0.39 is 10.8 Å². The Labute approximate surface area is 107 Å². The van der Waals surface area contributed by atoms with Crippen molar-refractivity contribution in [2.24, 2.45) is 0 Å². The van der Waals surface area contributed by atoms with Crippen LogP contribution in [0.5, 0.6) is 0 Å². The molecule has 1 aliphatic rings. The molecular weight excluding hydrogens is 252 g/mol. The van der Waals surface area contributed by atoms with E-state index in [9.17, 15) is 4.21 Å². The van der Waals surface area contributed by atoms with Gasteiger partial charge in [-0.15, -0.1) is 0 Å². The Morgan fingerprint density at radius 2 is 1.53 bits per heavy atom. The molecule has 0 saturated heterocycles. The molecule has 0 N–H and O–H groups in total. The van der Waals surface area contributed by atoms with Crippen LogP contribution in [-0.2, 0) is 10.8 Å². The van der Waals surface area contributed by atoms with Gasteiger partial charge in [-0.05, 0) is 11.6 Å². The molecule has 84 valence electrons. The lowest BCUT2D eigenvalue weighted by atomic mass is 10.00. The van der Waals surface area contributed by atoms with Crippen LogP contribution in [0.1, 0.15) is 11.1 Å². The first-order valence-electron chi connectivity index (χ1n) is 5.25. The van der Waals surface area contributed by atoms with E-state index in [1.165, 1.54) is 0 Å². The van der Waals surface area contributed by atoms with Crippen LogP contribution in [0.2, 0.25) is 0 Å². The summed E-state index contributed by atoms with van der Waals surface area (Å²) in [5.41, 5.74) is 2.87. The summed E-state index contributed by atoms with van der Waals surface area (Å²) in [6.07, 6.45) is 0. The van der Waals surface area contributed by atoms with Crippen molar-refractivity contribution in [2.45, 2.75) is 4.90 Å². The SMILES string of the molecule is O=S1C(Cl)=C(c2ccccc2)c2ccccc21. The minimum absolute atomic E-state index is 0.428. The smallest absolute Gasteiger partial charge is 0.118 e. The Morgan fingerprint density at radius 3 is 2.29 bits per heavy atom. The van der Waals surface area contributed by atoms with Gasteiger partial charge in [0.05, 0.1) is 15.7 Å². The zero-order valence-corrected chi connectivity index (χ0v) is 10.5. The molecule has 1 unspecified atom stereocenters. The minimum atomic E-state index is -1.23. The zero-order chi connectivity index (χ0) is 11.8. The molecule has 1 heterocycles. The molecule has 1 nitrogen and oxygen atoms in total. The zero-order valence-electron chi connectivity index (χ0n) is 8.89. The standard InChI is InChI=1S/C14H9ClOS/c15-14-13(10-6-2-1-3-7-10)11-8-4-5-9-12(11)17(14)16/h1-9H. The number of hydrogen-bond acceptors (Lipinski definition) is 1. The first kappa shape index (κ1) is 10.8.